The zero-order chi connectivity index (χ0) is 28.8. The van der Waals surface area contributed by atoms with Crippen molar-refractivity contribution in [1.82, 2.24) is 20.2 Å². The number of alkyl halides is 5. The maximum Gasteiger partial charge on any atom is 0.396 e. The first-order valence-corrected chi connectivity index (χ1v) is 13.3. The fourth-order valence-corrected chi connectivity index (χ4v) is 5.40. The molecule has 0 aromatic carbocycles. The number of amides is 2. The van der Waals surface area contributed by atoms with E-state index in [1.54, 1.807) is 4.90 Å². The molecule has 0 radical (unpaired) electrons. The second-order valence-electron chi connectivity index (χ2n) is 10.8. The number of likely N-dealkylation sites (tertiary alicyclic amines) is 1. The first-order valence-electron chi connectivity index (χ1n) is 12.5. The third-order valence-electron chi connectivity index (χ3n) is 7.00. The van der Waals surface area contributed by atoms with Crippen LogP contribution in [0.2, 0.25) is 0 Å². The van der Waals surface area contributed by atoms with Gasteiger partial charge in [-0.3, -0.25) is 9.59 Å². The summed E-state index contributed by atoms with van der Waals surface area (Å²) < 4.78 is 68.3. The van der Waals surface area contributed by atoms with Gasteiger partial charge in [-0.1, -0.05) is 0 Å². The minimum atomic E-state index is -4.42. The topological polar surface area (TPSA) is 107 Å². The SMILES string of the molecule is C[C@H]1CCCN1C(=O)c1nc(C(=O)NCC(C)(C)O)sc1-c1cnc(NCC2(C(F)(F)F)CC2)cc1C(F)F. The molecule has 1 aliphatic heterocycles. The van der Waals surface area contributed by atoms with Crippen LogP contribution < -0.4 is 10.6 Å². The van der Waals surface area contributed by atoms with Crippen LogP contribution in [0.3, 0.4) is 0 Å². The van der Waals surface area contributed by atoms with Gasteiger partial charge in [0.15, 0.2) is 5.01 Å². The van der Waals surface area contributed by atoms with Crippen molar-refractivity contribution in [1.29, 1.82) is 0 Å². The average molecular weight is 576 g/mol. The Morgan fingerprint density at radius 1 is 1.28 bits per heavy atom. The number of carbonyl (C=O) groups is 2. The molecule has 0 bridgehead atoms. The molecule has 3 N–H and O–H groups in total. The summed E-state index contributed by atoms with van der Waals surface area (Å²) >= 11 is 0.733. The van der Waals surface area contributed by atoms with Gasteiger partial charge in [-0.15, -0.1) is 11.3 Å². The first-order chi connectivity index (χ1) is 18.1. The van der Waals surface area contributed by atoms with Crippen LogP contribution in [-0.2, 0) is 0 Å². The minimum absolute atomic E-state index is 0.0100. The minimum Gasteiger partial charge on any atom is -0.389 e. The normalized spacial score (nSPS) is 18.9. The Labute approximate surface area is 226 Å². The summed E-state index contributed by atoms with van der Waals surface area (Å²) in [6.45, 7) is 4.67. The number of nitrogens with one attached hydrogen (secondary N) is 2. The molecule has 1 aliphatic carbocycles. The van der Waals surface area contributed by atoms with Crippen LogP contribution in [0.4, 0.5) is 27.8 Å². The molecule has 2 aliphatic rings. The molecule has 214 valence electrons. The number of anilines is 1. The summed E-state index contributed by atoms with van der Waals surface area (Å²) in [7, 11) is 0. The first kappa shape index (κ1) is 29.1. The molecule has 39 heavy (non-hydrogen) atoms. The van der Waals surface area contributed by atoms with Gasteiger partial charge < -0.3 is 20.6 Å². The van der Waals surface area contributed by atoms with Crippen LogP contribution in [0.25, 0.3) is 10.4 Å². The van der Waals surface area contributed by atoms with Crippen molar-refractivity contribution in [2.75, 3.05) is 25.0 Å². The molecule has 1 saturated heterocycles. The summed E-state index contributed by atoms with van der Waals surface area (Å²) in [6, 6.07) is 0.856. The highest BCUT2D eigenvalue weighted by Crippen LogP contribution is 2.57. The molecule has 2 fully saturated rings. The fraction of sp³-hybridized carbons (Fsp3) is 0.600. The maximum absolute atomic E-state index is 14.2. The number of thiazole rings is 1. The van der Waals surface area contributed by atoms with Crippen molar-refractivity contribution < 1.29 is 36.6 Å². The molecule has 1 atom stereocenters. The van der Waals surface area contributed by atoms with E-state index in [1.807, 2.05) is 6.92 Å². The zero-order valence-electron chi connectivity index (χ0n) is 21.7. The van der Waals surface area contributed by atoms with Gasteiger partial charge in [0.25, 0.3) is 18.2 Å². The predicted octanol–water partition coefficient (Wildman–Crippen LogP) is 5.02. The largest absolute Gasteiger partial charge is 0.396 e. The van der Waals surface area contributed by atoms with Crippen LogP contribution in [-0.4, -0.2) is 69.2 Å². The lowest BCUT2D eigenvalue weighted by Crippen LogP contribution is -2.38. The van der Waals surface area contributed by atoms with Gasteiger partial charge in [-0.25, -0.2) is 18.7 Å². The van der Waals surface area contributed by atoms with Gasteiger partial charge in [0.1, 0.15) is 11.5 Å². The van der Waals surface area contributed by atoms with Gasteiger partial charge in [0.2, 0.25) is 0 Å². The summed E-state index contributed by atoms with van der Waals surface area (Å²) in [4.78, 5) is 36.1. The Morgan fingerprint density at radius 3 is 2.51 bits per heavy atom. The number of nitrogens with zero attached hydrogens (tertiary/aromatic N) is 3. The lowest BCUT2D eigenvalue weighted by Gasteiger charge is -2.21. The Kier molecular flexibility index (Phi) is 7.92. The highest BCUT2D eigenvalue weighted by molar-refractivity contribution is 7.17. The van der Waals surface area contributed by atoms with Gasteiger partial charge in [0.05, 0.1) is 15.9 Å². The molecule has 0 unspecified atom stereocenters. The van der Waals surface area contributed by atoms with E-state index in [9.17, 15) is 36.6 Å². The smallest absolute Gasteiger partial charge is 0.389 e. The van der Waals surface area contributed by atoms with Gasteiger partial charge in [-0.05, 0) is 52.5 Å². The van der Waals surface area contributed by atoms with Crippen molar-refractivity contribution in [3.8, 4) is 10.4 Å². The zero-order valence-corrected chi connectivity index (χ0v) is 22.5. The Bertz CT molecular complexity index is 1240. The lowest BCUT2D eigenvalue weighted by molar-refractivity contribution is -0.182. The Morgan fingerprint density at radius 2 is 1.97 bits per heavy atom. The van der Waals surface area contributed by atoms with Crippen LogP contribution in [0.1, 0.15) is 78.7 Å². The molecular formula is C25H30F5N5O3S. The highest BCUT2D eigenvalue weighted by Gasteiger charge is 2.62. The molecule has 8 nitrogen and oxygen atoms in total. The molecule has 2 aromatic rings. The molecule has 3 heterocycles. The van der Waals surface area contributed by atoms with Crippen LogP contribution in [0, 0.1) is 5.41 Å². The van der Waals surface area contributed by atoms with Gasteiger partial charge in [-0.2, -0.15) is 13.2 Å². The lowest BCUT2D eigenvalue weighted by atomic mass is 10.1. The van der Waals surface area contributed by atoms with Crippen molar-refractivity contribution in [3.63, 3.8) is 0 Å². The standard InChI is InChI=1S/C25H30F5N5O3S/c1-13-5-4-8-35(13)22(37)17-18(39-21(34-17)20(36)33-11-23(2,3)38)15-10-31-16(9-14(15)19(26)27)32-12-24(6-7-24)25(28,29)30/h9-10,13,19,38H,4-8,11-12H2,1-3H3,(H,31,32)(H,33,36)/t13-/m0/s1. The van der Waals surface area contributed by atoms with Crippen molar-refractivity contribution in [3.05, 3.63) is 28.5 Å². The quantitative estimate of drug-likeness (QED) is 0.363. The van der Waals surface area contributed by atoms with Gasteiger partial charge in [0, 0.05) is 43.0 Å². The summed E-state index contributed by atoms with van der Waals surface area (Å²) in [5.41, 5.74) is -3.99. The number of pyridine rings is 1. The van der Waals surface area contributed by atoms with E-state index in [0.717, 1.165) is 36.4 Å². The van der Waals surface area contributed by atoms with Crippen LogP contribution in [0.15, 0.2) is 12.3 Å². The number of hydrogen-bond acceptors (Lipinski definition) is 7. The molecule has 2 amide bonds. The van der Waals surface area contributed by atoms with E-state index < -0.39 is 47.5 Å². The number of aromatic nitrogens is 2. The maximum atomic E-state index is 14.2. The molecule has 4 rings (SSSR count). The average Bonchev–Trinajstić information content (AvgIpc) is 3.34. The molecule has 2 aromatic heterocycles. The number of halogens is 5. The number of aliphatic hydroxyl groups is 1. The van der Waals surface area contributed by atoms with E-state index in [1.165, 1.54) is 13.8 Å². The highest BCUT2D eigenvalue weighted by atomic mass is 32.1. The van der Waals surface area contributed by atoms with E-state index in [4.69, 9.17) is 0 Å². The number of rotatable bonds is 9. The van der Waals surface area contributed by atoms with E-state index in [-0.39, 0.29) is 52.4 Å². The molecule has 1 saturated carbocycles. The fourth-order valence-electron chi connectivity index (χ4n) is 4.40. The number of hydrogen-bond donors (Lipinski definition) is 3. The summed E-state index contributed by atoms with van der Waals surface area (Å²) in [5, 5.41) is 14.8. The second kappa shape index (κ2) is 10.6. The van der Waals surface area contributed by atoms with Crippen LogP contribution in [0.5, 0.6) is 0 Å². The van der Waals surface area contributed by atoms with Gasteiger partial charge >= 0.3 is 6.18 Å². The van der Waals surface area contributed by atoms with E-state index >= 15 is 0 Å². The van der Waals surface area contributed by atoms with E-state index in [2.05, 4.69) is 20.6 Å². The Hall–Kier alpha value is -2.87. The third kappa shape index (κ3) is 6.32. The summed E-state index contributed by atoms with van der Waals surface area (Å²) in [6.07, 6.45) is -5.00. The molecule has 14 heteroatoms. The molecule has 0 spiro atoms. The summed E-state index contributed by atoms with van der Waals surface area (Å²) in [5.74, 6) is -1.36. The monoisotopic (exact) mass is 575 g/mol. The van der Waals surface area contributed by atoms with Crippen molar-refractivity contribution in [2.24, 2.45) is 5.41 Å². The van der Waals surface area contributed by atoms with E-state index in [0.29, 0.717) is 6.54 Å². The van der Waals surface area contributed by atoms with Crippen molar-refractivity contribution in [2.45, 2.75) is 70.7 Å². The number of carbonyl (C=O) groups excluding carboxylic acids is 2. The van der Waals surface area contributed by atoms with Crippen LogP contribution >= 0.6 is 11.3 Å². The predicted molar refractivity (Wildman–Crippen MR) is 135 cm³/mol. The molecular weight excluding hydrogens is 545 g/mol. The third-order valence-corrected chi connectivity index (χ3v) is 8.09. The second-order valence-corrected chi connectivity index (χ2v) is 11.8. The van der Waals surface area contributed by atoms with Crippen molar-refractivity contribution >= 4 is 29.0 Å². The Balaban J connectivity index is 1.70.